The molecule has 2 heterocycles. The summed E-state index contributed by atoms with van der Waals surface area (Å²) in [5, 5.41) is 2.89. The van der Waals surface area contributed by atoms with Gasteiger partial charge in [-0.25, -0.2) is 9.97 Å². The largest absolute Gasteiger partial charge is 0.455 e. The van der Waals surface area contributed by atoms with Crippen molar-refractivity contribution in [2.45, 2.75) is 19.3 Å². The van der Waals surface area contributed by atoms with Gasteiger partial charge in [-0.05, 0) is 43.5 Å². The van der Waals surface area contributed by atoms with E-state index in [2.05, 4.69) is 20.2 Å². The number of para-hydroxylation sites is 3. The number of benzene rings is 2. The lowest BCUT2D eigenvalue weighted by Gasteiger charge is -2.26. The minimum Gasteiger partial charge on any atom is -0.455 e. The van der Waals surface area contributed by atoms with Gasteiger partial charge < -0.3 is 15.0 Å². The number of piperidine rings is 1. The molecule has 1 aliphatic rings. The molecule has 0 saturated carbocycles. The van der Waals surface area contributed by atoms with E-state index in [-0.39, 0.29) is 5.91 Å². The Bertz CT molecular complexity index is 923. The lowest BCUT2D eigenvalue weighted by molar-refractivity contribution is 0.102. The second-order valence-corrected chi connectivity index (χ2v) is 6.68. The number of carbonyl (C=O) groups is 1. The number of carbonyl (C=O) groups excluding carboxylic acids is 1. The second kappa shape index (κ2) is 8.52. The first-order chi connectivity index (χ1) is 13.8. The van der Waals surface area contributed by atoms with Gasteiger partial charge in [-0.3, -0.25) is 4.79 Å². The van der Waals surface area contributed by atoms with Crippen LogP contribution in [0.15, 0.2) is 67.0 Å². The van der Waals surface area contributed by atoms with Crippen LogP contribution in [0.4, 0.5) is 11.6 Å². The lowest BCUT2D eigenvalue weighted by Crippen LogP contribution is -2.31. The average molecular weight is 374 g/mol. The predicted octanol–water partition coefficient (Wildman–Crippen LogP) is 4.51. The van der Waals surface area contributed by atoms with Crippen LogP contribution in [0.25, 0.3) is 0 Å². The summed E-state index contributed by atoms with van der Waals surface area (Å²) in [5.74, 6) is 1.70. The zero-order valence-corrected chi connectivity index (χ0v) is 15.5. The molecule has 1 aromatic heterocycles. The first-order valence-corrected chi connectivity index (χ1v) is 9.50. The van der Waals surface area contributed by atoms with Crippen molar-refractivity contribution in [3.63, 3.8) is 0 Å². The third kappa shape index (κ3) is 4.28. The van der Waals surface area contributed by atoms with Crippen LogP contribution in [-0.2, 0) is 0 Å². The molecular formula is C22H22N4O2. The molecule has 0 atom stereocenters. The van der Waals surface area contributed by atoms with Crippen LogP contribution >= 0.6 is 0 Å². The van der Waals surface area contributed by atoms with Crippen molar-refractivity contribution < 1.29 is 9.53 Å². The molecule has 3 aromatic rings. The first-order valence-electron chi connectivity index (χ1n) is 9.50. The van der Waals surface area contributed by atoms with Gasteiger partial charge in [-0.15, -0.1) is 0 Å². The fourth-order valence-electron chi connectivity index (χ4n) is 3.16. The van der Waals surface area contributed by atoms with Crippen molar-refractivity contribution in [3.8, 4) is 11.5 Å². The minimum absolute atomic E-state index is 0.269. The monoisotopic (exact) mass is 374 g/mol. The molecule has 1 N–H and O–H groups in total. The Hall–Kier alpha value is -3.41. The minimum atomic E-state index is -0.269. The highest BCUT2D eigenvalue weighted by Gasteiger charge is 2.15. The molecule has 0 spiro atoms. The van der Waals surface area contributed by atoms with Crippen LogP contribution in [-0.4, -0.2) is 29.0 Å². The summed E-state index contributed by atoms with van der Waals surface area (Å²) in [6.45, 7) is 1.94. The molecule has 6 nitrogen and oxygen atoms in total. The number of rotatable bonds is 5. The molecule has 2 aromatic carbocycles. The molecule has 1 saturated heterocycles. The van der Waals surface area contributed by atoms with Crippen LogP contribution in [0.5, 0.6) is 11.5 Å². The van der Waals surface area contributed by atoms with Gasteiger partial charge in [-0.2, -0.15) is 0 Å². The van der Waals surface area contributed by atoms with Crippen LogP contribution in [0.2, 0.25) is 0 Å². The average Bonchev–Trinajstić information content (AvgIpc) is 2.76. The summed E-state index contributed by atoms with van der Waals surface area (Å²) in [5.41, 5.74) is 1.01. The lowest BCUT2D eigenvalue weighted by atomic mass is 10.1. The van der Waals surface area contributed by atoms with Crippen LogP contribution in [0, 0.1) is 0 Å². The number of nitrogens with one attached hydrogen (secondary N) is 1. The molecule has 28 heavy (non-hydrogen) atoms. The zero-order valence-electron chi connectivity index (χ0n) is 15.5. The number of nitrogens with zero attached hydrogens (tertiary/aromatic N) is 3. The molecule has 0 aliphatic carbocycles. The maximum atomic E-state index is 12.6. The van der Waals surface area contributed by atoms with Gasteiger partial charge in [0.25, 0.3) is 5.91 Å². The molecule has 6 heteroatoms. The maximum absolute atomic E-state index is 12.6. The second-order valence-electron chi connectivity index (χ2n) is 6.68. The number of amides is 1. The van der Waals surface area contributed by atoms with E-state index in [0.29, 0.717) is 28.7 Å². The van der Waals surface area contributed by atoms with E-state index in [4.69, 9.17) is 4.74 Å². The molecule has 1 fully saturated rings. The summed E-state index contributed by atoms with van der Waals surface area (Å²) in [6, 6.07) is 16.8. The van der Waals surface area contributed by atoms with E-state index in [1.54, 1.807) is 18.5 Å². The van der Waals surface area contributed by atoms with Gasteiger partial charge in [0.1, 0.15) is 5.75 Å². The van der Waals surface area contributed by atoms with E-state index >= 15 is 0 Å². The summed E-state index contributed by atoms with van der Waals surface area (Å²) in [7, 11) is 0. The molecule has 0 radical (unpaired) electrons. The fraction of sp³-hybridized carbons (Fsp3) is 0.227. The zero-order chi connectivity index (χ0) is 19.2. The van der Waals surface area contributed by atoms with E-state index < -0.39 is 0 Å². The highest BCUT2D eigenvalue weighted by Crippen LogP contribution is 2.29. The number of hydrogen-bond acceptors (Lipinski definition) is 5. The molecule has 1 aliphatic heterocycles. The van der Waals surface area contributed by atoms with Gasteiger partial charge in [0, 0.05) is 25.5 Å². The Morgan fingerprint density at radius 3 is 2.32 bits per heavy atom. The molecule has 142 valence electrons. The van der Waals surface area contributed by atoms with Crippen LogP contribution in [0.1, 0.15) is 29.6 Å². The topological polar surface area (TPSA) is 67.3 Å². The number of ether oxygens (including phenoxy) is 1. The first kappa shape index (κ1) is 18.0. The summed E-state index contributed by atoms with van der Waals surface area (Å²) in [4.78, 5) is 23.6. The quantitative estimate of drug-likeness (QED) is 0.712. The molecule has 1 amide bonds. The Kier molecular flexibility index (Phi) is 5.47. The molecular weight excluding hydrogens is 352 g/mol. The number of hydrogen-bond donors (Lipinski definition) is 1. The Labute approximate surface area is 164 Å². The third-order valence-corrected chi connectivity index (χ3v) is 4.65. The Balaban J connectivity index is 1.46. The van der Waals surface area contributed by atoms with E-state index in [1.807, 2.05) is 48.5 Å². The highest BCUT2D eigenvalue weighted by atomic mass is 16.5. The standard InChI is InChI=1S/C22H22N4O2/c27-21(17-15-23-22(24-16-17)26-13-7-2-8-14-26)25-19-11-5-6-12-20(19)28-18-9-3-1-4-10-18/h1,3-6,9-12,15-16H,2,7-8,13-14H2,(H,25,27). The summed E-state index contributed by atoms with van der Waals surface area (Å²) >= 11 is 0. The smallest absolute Gasteiger partial charge is 0.258 e. The molecule has 0 unspecified atom stereocenters. The van der Waals surface area contributed by atoms with Crippen molar-refractivity contribution in [2.24, 2.45) is 0 Å². The third-order valence-electron chi connectivity index (χ3n) is 4.65. The summed E-state index contributed by atoms with van der Waals surface area (Å²) in [6.07, 6.45) is 6.72. The van der Waals surface area contributed by atoms with E-state index in [1.165, 1.54) is 6.42 Å². The predicted molar refractivity (Wildman–Crippen MR) is 109 cm³/mol. The van der Waals surface area contributed by atoms with Crippen LogP contribution < -0.4 is 15.0 Å². The Morgan fingerprint density at radius 2 is 1.57 bits per heavy atom. The number of anilines is 2. The van der Waals surface area contributed by atoms with Crippen molar-refractivity contribution in [2.75, 3.05) is 23.3 Å². The summed E-state index contributed by atoms with van der Waals surface area (Å²) < 4.78 is 5.89. The van der Waals surface area contributed by atoms with Crippen molar-refractivity contribution in [1.29, 1.82) is 0 Å². The van der Waals surface area contributed by atoms with Crippen molar-refractivity contribution >= 4 is 17.5 Å². The van der Waals surface area contributed by atoms with E-state index in [0.717, 1.165) is 25.9 Å². The van der Waals surface area contributed by atoms with Gasteiger partial charge in [0.2, 0.25) is 5.95 Å². The Morgan fingerprint density at radius 1 is 0.893 bits per heavy atom. The molecule has 4 rings (SSSR count). The van der Waals surface area contributed by atoms with Gasteiger partial charge in [0.05, 0.1) is 11.3 Å². The van der Waals surface area contributed by atoms with E-state index in [9.17, 15) is 4.79 Å². The van der Waals surface area contributed by atoms with Crippen LogP contribution in [0.3, 0.4) is 0 Å². The SMILES string of the molecule is O=C(Nc1ccccc1Oc1ccccc1)c1cnc(N2CCCCC2)nc1. The molecule has 0 bridgehead atoms. The maximum Gasteiger partial charge on any atom is 0.258 e. The van der Waals surface area contributed by atoms with Crippen molar-refractivity contribution in [3.05, 3.63) is 72.6 Å². The van der Waals surface area contributed by atoms with Gasteiger partial charge in [0.15, 0.2) is 5.75 Å². The highest BCUT2D eigenvalue weighted by molar-refractivity contribution is 6.04. The van der Waals surface area contributed by atoms with Gasteiger partial charge in [-0.1, -0.05) is 30.3 Å². The number of aromatic nitrogens is 2. The van der Waals surface area contributed by atoms with Gasteiger partial charge >= 0.3 is 0 Å². The fourth-order valence-corrected chi connectivity index (χ4v) is 3.16. The van der Waals surface area contributed by atoms with Crippen molar-refractivity contribution in [1.82, 2.24) is 9.97 Å². The normalized spacial score (nSPS) is 13.8.